The molecule has 0 aliphatic carbocycles. The van der Waals surface area contributed by atoms with E-state index in [1.54, 1.807) is 7.11 Å². The highest BCUT2D eigenvalue weighted by molar-refractivity contribution is 5.68. The molecule has 0 radical (unpaired) electrons. The average Bonchev–Trinajstić information content (AvgIpc) is 2.28. The molecule has 0 saturated carbocycles. The van der Waals surface area contributed by atoms with E-state index < -0.39 is 0 Å². The molecule has 1 aromatic rings. The van der Waals surface area contributed by atoms with Gasteiger partial charge < -0.3 is 20.1 Å². The van der Waals surface area contributed by atoms with Crippen molar-refractivity contribution >= 4 is 11.4 Å². The fraction of sp³-hybridized carbons (Fsp3) is 0.500. The van der Waals surface area contributed by atoms with Crippen molar-refractivity contribution in [1.29, 1.82) is 0 Å². The van der Waals surface area contributed by atoms with Crippen LogP contribution in [0.2, 0.25) is 0 Å². The zero-order chi connectivity index (χ0) is 11.5. The topological polar surface area (TPSA) is 47.7 Å². The maximum atomic E-state index is 5.87. The van der Waals surface area contributed by atoms with Crippen LogP contribution in [0, 0.1) is 6.92 Å². The quantitative estimate of drug-likeness (QED) is 0.786. The number of aryl methyl sites for hydroxylation is 1. The molecule has 4 heteroatoms. The van der Waals surface area contributed by atoms with Crippen molar-refractivity contribution < 1.29 is 9.47 Å². The SMILES string of the molecule is COCCN1CCOc2cc(N)c(C)cc21. The van der Waals surface area contributed by atoms with E-state index >= 15 is 0 Å². The normalized spacial score (nSPS) is 14.5. The van der Waals surface area contributed by atoms with Crippen molar-refractivity contribution in [2.24, 2.45) is 0 Å². The van der Waals surface area contributed by atoms with Crippen molar-refractivity contribution in [2.45, 2.75) is 6.92 Å². The van der Waals surface area contributed by atoms with Crippen LogP contribution in [-0.2, 0) is 4.74 Å². The lowest BCUT2D eigenvalue weighted by Crippen LogP contribution is -2.35. The molecule has 0 aromatic heterocycles. The Morgan fingerprint density at radius 2 is 2.31 bits per heavy atom. The first-order chi connectivity index (χ1) is 7.72. The maximum Gasteiger partial charge on any atom is 0.144 e. The molecular formula is C12H18N2O2. The highest BCUT2D eigenvalue weighted by Crippen LogP contribution is 2.35. The summed E-state index contributed by atoms with van der Waals surface area (Å²) < 4.78 is 10.7. The van der Waals surface area contributed by atoms with Crippen molar-refractivity contribution in [2.75, 3.05) is 44.0 Å². The molecule has 0 fully saturated rings. The van der Waals surface area contributed by atoms with E-state index in [1.165, 1.54) is 0 Å². The van der Waals surface area contributed by atoms with Gasteiger partial charge in [0.05, 0.1) is 18.8 Å². The Labute approximate surface area is 95.9 Å². The molecule has 1 aromatic carbocycles. The molecule has 0 saturated heterocycles. The monoisotopic (exact) mass is 222 g/mol. The second-order valence-electron chi connectivity index (χ2n) is 4.00. The average molecular weight is 222 g/mol. The summed E-state index contributed by atoms with van der Waals surface area (Å²) >= 11 is 0. The number of methoxy groups -OCH3 is 1. The fourth-order valence-corrected chi connectivity index (χ4v) is 1.87. The fourth-order valence-electron chi connectivity index (χ4n) is 1.87. The number of hydrogen-bond acceptors (Lipinski definition) is 4. The lowest BCUT2D eigenvalue weighted by Gasteiger charge is -2.31. The molecule has 4 nitrogen and oxygen atoms in total. The Balaban J connectivity index is 2.27. The van der Waals surface area contributed by atoms with Gasteiger partial charge in [-0.25, -0.2) is 0 Å². The molecule has 2 rings (SSSR count). The predicted octanol–water partition coefficient (Wildman–Crippen LogP) is 1.42. The number of hydrogen-bond donors (Lipinski definition) is 1. The number of nitrogens with two attached hydrogens (primary N) is 1. The Bertz CT molecular complexity index is 380. The van der Waals surface area contributed by atoms with E-state index in [-0.39, 0.29) is 0 Å². The van der Waals surface area contributed by atoms with Crippen LogP contribution in [0.15, 0.2) is 12.1 Å². The molecule has 0 amide bonds. The summed E-state index contributed by atoms with van der Waals surface area (Å²) in [6.45, 7) is 5.23. The number of ether oxygens (including phenoxy) is 2. The van der Waals surface area contributed by atoms with Crippen molar-refractivity contribution in [1.82, 2.24) is 0 Å². The Hall–Kier alpha value is -1.42. The van der Waals surface area contributed by atoms with Gasteiger partial charge in [-0.05, 0) is 18.6 Å². The third-order valence-electron chi connectivity index (χ3n) is 2.87. The first kappa shape index (κ1) is 11.1. The molecule has 0 unspecified atom stereocenters. The van der Waals surface area contributed by atoms with Crippen LogP contribution in [0.25, 0.3) is 0 Å². The van der Waals surface area contributed by atoms with Gasteiger partial charge in [0.25, 0.3) is 0 Å². The minimum atomic E-state index is 0.708. The highest BCUT2D eigenvalue weighted by Gasteiger charge is 2.18. The number of benzene rings is 1. The molecule has 1 aliphatic heterocycles. The van der Waals surface area contributed by atoms with Crippen LogP contribution in [0.4, 0.5) is 11.4 Å². The highest BCUT2D eigenvalue weighted by atomic mass is 16.5. The maximum absolute atomic E-state index is 5.87. The van der Waals surface area contributed by atoms with Gasteiger partial charge in [0, 0.05) is 25.4 Å². The molecule has 16 heavy (non-hydrogen) atoms. The van der Waals surface area contributed by atoms with Gasteiger partial charge in [0.1, 0.15) is 12.4 Å². The third kappa shape index (κ3) is 2.07. The van der Waals surface area contributed by atoms with Crippen LogP contribution in [-0.4, -0.2) is 33.4 Å². The minimum absolute atomic E-state index is 0.708. The lowest BCUT2D eigenvalue weighted by atomic mass is 10.1. The number of anilines is 2. The van der Waals surface area contributed by atoms with Gasteiger partial charge in [-0.1, -0.05) is 0 Å². The van der Waals surface area contributed by atoms with E-state index in [4.69, 9.17) is 15.2 Å². The minimum Gasteiger partial charge on any atom is -0.489 e. The smallest absolute Gasteiger partial charge is 0.144 e. The second kappa shape index (κ2) is 4.61. The van der Waals surface area contributed by atoms with Gasteiger partial charge in [-0.3, -0.25) is 0 Å². The van der Waals surface area contributed by atoms with Crippen molar-refractivity contribution in [3.05, 3.63) is 17.7 Å². The van der Waals surface area contributed by atoms with E-state index in [9.17, 15) is 0 Å². The predicted molar refractivity (Wildman–Crippen MR) is 65.2 cm³/mol. The molecule has 1 heterocycles. The largest absolute Gasteiger partial charge is 0.489 e. The summed E-state index contributed by atoms with van der Waals surface area (Å²) in [5.41, 5.74) is 8.86. The third-order valence-corrected chi connectivity index (χ3v) is 2.87. The standard InChI is InChI=1S/C12H18N2O2/c1-9-7-11-12(8-10(9)13)16-6-4-14(11)3-5-15-2/h7-8H,3-6,13H2,1-2H3. The first-order valence-electron chi connectivity index (χ1n) is 5.49. The Morgan fingerprint density at radius 1 is 1.50 bits per heavy atom. The van der Waals surface area contributed by atoms with Crippen LogP contribution in [0.5, 0.6) is 5.75 Å². The summed E-state index contributed by atoms with van der Waals surface area (Å²) in [6.07, 6.45) is 0. The van der Waals surface area contributed by atoms with Crippen LogP contribution in [0.1, 0.15) is 5.56 Å². The lowest BCUT2D eigenvalue weighted by molar-refractivity contribution is 0.201. The summed E-state index contributed by atoms with van der Waals surface area (Å²) in [6, 6.07) is 3.99. The van der Waals surface area contributed by atoms with E-state index in [1.807, 2.05) is 13.0 Å². The van der Waals surface area contributed by atoms with Crippen LogP contribution in [0.3, 0.4) is 0 Å². The number of fused-ring (bicyclic) bond motifs is 1. The molecule has 2 N–H and O–H groups in total. The zero-order valence-corrected chi connectivity index (χ0v) is 9.82. The molecule has 0 bridgehead atoms. The zero-order valence-electron chi connectivity index (χ0n) is 9.82. The van der Waals surface area contributed by atoms with Crippen LogP contribution < -0.4 is 15.4 Å². The van der Waals surface area contributed by atoms with Gasteiger partial charge >= 0.3 is 0 Å². The van der Waals surface area contributed by atoms with E-state index in [2.05, 4.69) is 11.0 Å². The van der Waals surface area contributed by atoms with Crippen molar-refractivity contribution in [3.63, 3.8) is 0 Å². The second-order valence-corrected chi connectivity index (χ2v) is 4.00. The van der Waals surface area contributed by atoms with Gasteiger partial charge in [0.2, 0.25) is 0 Å². The first-order valence-corrected chi connectivity index (χ1v) is 5.49. The number of nitrogen functional groups attached to an aromatic ring is 1. The summed E-state index contributed by atoms with van der Waals surface area (Å²) in [7, 11) is 1.72. The Morgan fingerprint density at radius 3 is 3.06 bits per heavy atom. The van der Waals surface area contributed by atoms with E-state index in [0.717, 1.165) is 42.4 Å². The van der Waals surface area contributed by atoms with Gasteiger partial charge in [-0.15, -0.1) is 0 Å². The number of rotatable bonds is 3. The Kier molecular flexibility index (Phi) is 3.19. The van der Waals surface area contributed by atoms with Crippen molar-refractivity contribution in [3.8, 4) is 5.75 Å². The van der Waals surface area contributed by atoms with Gasteiger partial charge in [-0.2, -0.15) is 0 Å². The summed E-state index contributed by atoms with van der Waals surface area (Å²) in [5, 5.41) is 0. The number of nitrogens with zero attached hydrogens (tertiary/aromatic N) is 1. The summed E-state index contributed by atoms with van der Waals surface area (Å²) in [5.74, 6) is 0.880. The molecular weight excluding hydrogens is 204 g/mol. The van der Waals surface area contributed by atoms with Gasteiger partial charge in [0.15, 0.2) is 0 Å². The molecule has 88 valence electrons. The summed E-state index contributed by atoms with van der Waals surface area (Å²) in [4.78, 5) is 2.27. The van der Waals surface area contributed by atoms with E-state index in [0.29, 0.717) is 6.61 Å². The molecule has 0 atom stereocenters. The molecule has 1 aliphatic rings. The molecule has 0 spiro atoms. The van der Waals surface area contributed by atoms with Crippen LogP contribution >= 0.6 is 0 Å².